The topological polar surface area (TPSA) is 289 Å². The minimum absolute atomic E-state index is 0.315. The Morgan fingerprint density at radius 2 is 0.779 bits per heavy atom. The maximum atomic E-state index is 13.2. The van der Waals surface area contributed by atoms with Gasteiger partial charge in [0.15, 0.2) is 0 Å². The molecule has 7 aromatic rings. The number of benzene rings is 4. The van der Waals surface area contributed by atoms with E-state index in [1.54, 1.807) is 60.7 Å². The van der Waals surface area contributed by atoms with Crippen molar-refractivity contribution in [2.45, 2.75) is 47.9 Å². The van der Waals surface area contributed by atoms with E-state index in [9.17, 15) is 43.7 Å². The molecule has 2 amide bonds. The predicted octanol–water partition coefficient (Wildman–Crippen LogP) is 10.6. The van der Waals surface area contributed by atoms with Gasteiger partial charge in [-0.15, -0.1) is 0 Å². The number of H-pyrrole nitrogens is 2. The Bertz CT molecular complexity index is 3890. The summed E-state index contributed by atoms with van der Waals surface area (Å²) in [7, 11) is -16.5. The lowest BCUT2D eigenvalue weighted by molar-refractivity contribution is 0.0708. The van der Waals surface area contributed by atoms with Gasteiger partial charge >= 0.3 is 14.8 Å². The largest absolute Gasteiger partial charge is 0.500 e. The maximum absolute atomic E-state index is 13.2. The Morgan fingerprint density at radius 3 is 1.06 bits per heavy atom. The van der Waals surface area contributed by atoms with Gasteiger partial charge in [0.25, 0.3) is 30.4 Å². The highest BCUT2D eigenvalue weighted by Gasteiger charge is 2.39. The summed E-state index contributed by atoms with van der Waals surface area (Å²) in [6, 6.07) is 31.5. The number of aromatic nitrogens is 4. The van der Waals surface area contributed by atoms with Crippen LogP contribution in [0.2, 0.25) is 6.04 Å². The van der Waals surface area contributed by atoms with Gasteiger partial charge in [-0.1, -0.05) is 48.5 Å². The van der Waals surface area contributed by atoms with Crippen molar-refractivity contribution < 1.29 is 57.0 Å². The van der Waals surface area contributed by atoms with Crippen molar-refractivity contribution in [1.82, 2.24) is 25.3 Å². The van der Waals surface area contributed by atoms with E-state index in [0.29, 0.717) is 134 Å². The van der Waals surface area contributed by atoms with Crippen LogP contribution in [0.15, 0.2) is 136 Å². The molecule has 7 N–H and O–H groups in total. The summed E-state index contributed by atoms with van der Waals surface area (Å²) in [6.45, 7) is 7.34. The second-order valence-corrected chi connectivity index (χ2v) is 24.5. The standard InChI is InChI=1S/C54H52N6O13S3Si/c1-4-71-77(72-5-2,73-6-3)33-7-32-55-54(61)56-38-16-8-34(9-17-38)50-42-24-26-44(57-42)51(35-10-18-39(19-11-35)74(62,63)64)46-28-30-48(59-46)53(37-14-22-41(23-15-37)76(68,69)70)49-31-29-47(60-49)52(45-27-25-43(50)58-45)36-12-20-40(21-13-36)75(65,66)67/h8-31,57,60H,4-7,32-33H2,1-3H3,(H2,55,56,61)(H,62,63,64)(H,65,66,67)(H,68,69,70). The molecule has 2 aliphatic heterocycles. The summed E-state index contributed by atoms with van der Waals surface area (Å²) in [5.41, 5.74) is 8.98. The minimum atomic E-state index is -4.55. The summed E-state index contributed by atoms with van der Waals surface area (Å²) in [5, 5.41) is 5.80. The van der Waals surface area contributed by atoms with Crippen molar-refractivity contribution in [3.8, 4) is 44.5 Å². The first-order valence-corrected chi connectivity index (χ1v) is 30.5. The van der Waals surface area contributed by atoms with Crippen LogP contribution in [0, 0.1) is 0 Å². The number of urea groups is 1. The highest BCUT2D eigenvalue weighted by atomic mass is 32.2. The van der Waals surface area contributed by atoms with Gasteiger partial charge < -0.3 is 33.9 Å². The molecule has 0 aliphatic carbocycles. The monoisotopic (exact) mass is 1120 g/mol. The molecule has 0 spiro atoms. The fourth-order valence-electron chi connectivity index (χ4n) is 9.20. The molecule has 4 aromatic carbocycles. The second-order valence-electron chi connectivity index (χ2n) is 17.5. The Labute approximate surface area is 445 Å². The van der Waals surface area contributed by atoms with E-state index in [2.05, 4.69) is 20.6 Å². The van der Waals surface area contributed by atoms with Crippen LogP contribution in [0.25, 0.3) is 90.9 Å². The summed E-state index contributed by atoms with van der Waals surface area (Å²) >= 11 is 0. The summed E-state index contributed by atoms with van der Waals surface area (Å²) in [6.07, 6.45) is 7.76. The number of aromatic amines is 2. The number of carbonyl (C=O) groups excluding carboxylic acids is 1. The van der Waals surface area contributed by atoms with E-state index >= 15 is 0 Å². The predicted molar refractivity (Wildman–Crippen MR) is 297 cm³/mol. The van der Waals surface area contributed by atoms with Crippen molar-refractivity contribution in [3.63, 3.8) is 0 Å². The summed E-state index contributed by atoms with van der Waals surface area (Å²) < 4.78 is 120. The maximum Gasteiger partial charge on any atom is 0.500 e. The summed E-state index contributed by atoms with van der Waals surface area (Å²) in [4.78, 5) is 29.7. The normalized spacial score (nSPS) is 12.8. The number of amides is 2. The molecule has 0 fully saturated rings. The third-order valence-corrected chi connectivity index (χ3v) is 18.3. The SMILES string of the molecule is CCO[Si](CCCNC(=O)Nc1ccc(-c2c3nc(c(-c4ccc(S(=O)(=O)O)cc4)c4ccc([nH]4)c(-c4ccc(S(=O)(=O)O)cc4)c4nc(c(-c5ccc(S(=O)(=O)O)cc5)c5ccc2[nH]5)C=C4)C=C3)cc1)(OCC)OCC. The molecule has 0 saturated heterocycles. The van der Waals surface area contributed by atoms with Gasteiger partial charge in [-0.25, -0.2) is 14.8 Å². The third kappa shape index (κ3) is 12.1. The van der Waals surface area contributed by atoms with Gasteiger partial charge in [-0.2, -0.15) is 25.3 Å². The molecule has 3 aromatic heterocycles. The lowest BCUT2D eigenvalue weighted by Gasteiger charge is -2.28. The molecular formula is C54H52N6O13S3Si. The molecule has 0 unspecified atom stereocenters. The lowest BCUT2D eigenvalue weighted by Crippen LogP contribution is -2.46. The molecule has 5 heterocycles. The lowest BCUT2D eigenvalue weighted by atomic mass is 10.0. The van der Waals surface area contributed by atoms with E-state index in [-0.39, 0.29) is 14.7 Å². The zero-order valence-electron chi connectivity index (χ0n) is 41.6. The number of rotatable bonds is 18. The molecule has 0 saturated carbocycles. The quantitative estimate of drug-likeness (QED) is 0.0239. The molecule has 77 heavy (non-hydrogen) atoms. The molecule has 8 bridgehead atoms. The number of anilines is 1. The fraction of sp³-hybridized carbons (Fsp3) is 0.167. The highest BCUT2D eigenvalue weighted by Crippen LogP contribution is 2.39. The summed E-state index contributed by atoms with van der Waals surface area (Å²) in [5.74, 6) is 0. The van der Waals surface area contributed by atoms with Crippen LogP contribution in [0.3, 0.4) is 0 Å². The van der Waals surface area contributed by atoms with Gasteiger partial charge in [-0.05, 0) is 147 Å². The zero-order valence-corrected chi connectivity index (χ0v) is 45.1. The van der Waals surface area contributed by atoms with Crippen LogP contribution in [0.1, 0.15) is 50.0 Å². The Hall–Kier alpha value is -7.42. The first-order chi connectivity index (χ1) is 36.8. The molecule has 398 valence electrons. The minimum Gasteiger partial charge on any atom is -0.374 e. The molecular weight excluding hydrogens is 1060 g/mol. The van der Waals surface area contributed by atoms with Gasteiger partial charge in [-0.3, -0.25) is 13.7 Å². The van der Waals surface area contributed by atoms with Gasteiger partial charge in [0, 0.05) is 82.4 Å². The number of carbonyl (C=O) groups is 1. The number of hydrogen-bond donors (Lipinski definition) is 7. The molecule has 0 radical (unpaired) electrons. The average molecular weight is 1120 g/mol. The number of hydrogen-bond acceptors (Lipinski definition) is 12. The van der Waals surface area contributed by atoms with Crippen LogP contribution < -0.4 is 10.6 Å². The van der Waals surface area contributed by atoms with Crippen LogP contribution in [-0.4, -0.2) is 100 Å². The van der Waals surface area contributed by atoms with Gasteiger partial charge in [0.05, 0.1) is 37.5 Å². The van der Waals surface area contributed by atoms with Crippen molar-refractivity contribution in [2.24, 2.45) is 0 Å². The molecule has 9 rings (SSSR count). The van der Waals surface area contributed by atoms with Crippen LogP contribution >= 0.6 is 0 Å². The third-order valence-electron chi connectivity index (χ3n) is 12.5. The van der Waals surface area contributed by atoms with E-state index in [4.69, 9.17) is 23.2 Å². The Morgan fingerprint density at radius 1 is 0.481 bits per heavy atom. The van der Waals surface area contributed by atoms with Crippen molar-refractivity contribution in [3.05, 3.63) is 144 Å². The van der Waals surface area contributed by atoms with Crippen molar-refractivity contribution in [1.29, 1.82) is 0 Å². The van der Waals surface area contributed by atoms with E-state index in [1.165, 1.54) is 48.5 Å². The smallest absolute Gasteiger partial charge is 0.374 e. The van der Waals surface area contributed by atoms with Crippen molar-refractivity contribution >= 4 is 97.2 Å². The average Bonchev–Trinajstić information content (AvgIpc) is 4.32. The molecule has 0 atom stereocenters. The fourth-order valence-corrected chi connectivity index (χ4v) is 13.3. The molecule has 2 aliphatic rings. The van der Waals surface area contributed by atoms with Crippen LogP contribution in [0.5, 0.6) is 0 Å². The van der Waals surface area contributed by atoms with Crippen LogP contribution in [0.4, 0.5) is 10.5 Å². The first kappa shape index (κ1) is 54.4. The Balaban J connectivity index is 1.23. The highest BCUT2D eigenvalue weighted by molar-refractivity contribution is 7.86. The van der Waals surface area contributed by atoms with E-state index in [0.717, 1.165) is 0 Å². The van der Waals surface area contributed by atoms with E-state index < -0.39 is 45.2 Å². The Kier molecular flexibility index (Phi) is 15.7. The number of nitrogens with one attached hydrogen (secondary N) is 4. The zero-order chi connectivity index (χ0) is 54.7. The van der Waals surface area contributed by atoms with Gasteiger partial charge in [0.1, 0.15) is 0 Å². The van der Waals surface area contributed by atoms with Crippen LogP contribution in [-0.2, 0) is 43.6 Å². The number of nitrogens with zero attached hydrogens (tertiary/aromatic N) is 2. The van der Waals surface area contributed by atoms with Crippen molar-refractivity contribution in [2.75, 3.05) is 31.7 Å². The van der Waals surface area contributed by atoms with Gasteiger partial charge in [0.2, 0.25) is 0 Å². The molecule has 19 nitrogen and oxygen atoms in total. The van der Waals surface area contributed by atoms with E-state index in [1.807, 2.05) is 57.2 Å². The molecule has 23 heteroatoms. The first-order valence-electron chi connectivity index (χ1n) is 24.2. The number of fused-ring (bicyclic) bond motifs is 8. The second kappa shape index (κ2) is 22.3.